The van der Waals surface area contributed by atoms with Gasteiger partial charge >= 0.3 is 0 Å². The largest absolute Gasteiger partial charge is 0.486 e. The number of hydrogen-bond acceptors (Lipinski definition) is 3. The first-order chi connectivity index (χ1) is 9.19. The molecule has 0 aliphatic heterocycles. The van der Waals surface area contributed by atoms with Gasteiger partial charge in [-0.2, -0.15) is 0 Å². The SMILES string of the molecule is CNCc1ccc(COc2ccc(Br)cc2Cl)nc1. The molecule has 0 saturated heterocycles. The molecule has 19 heavy (non-hydrogen) atoms. The molecule has 1 aromatic carbocycles. The summed E-state index contributed by atoms with van der Waals surface area (Å²) in [5.41, 5.74) is 2.02. The summed E-state index contributed by atoms with van der Waals surface area (Å²) in [4.78, 5) is 4.34. The number of pyridine rings is 1. The van der Waals surface area contributed by atoms with Crippen molar-refractivity contribution in [1.82, 2.24) is 10.3 Å². The molecule has 0 spiro atoms. The number of nitrogens with zero attached hydrogens (tertiary/aromatic N) is 1. The van der Waals surface area contributed by atoms with Crippen molar-refractivity contribution in [3.05, 3.63) is 57.3 Å². The highest BCUT2D eigenvalue weighted by Crippen LogP contribution is 2.28. The van der Waals surface area contributed by atoms with Crippen LogP contribution in [0.2, 0.25) is 5.02 Å². The standard InChI is InChI=1S/C14H14BrClN2O/c1-17-7-10-2-4-12(18-8-10)9-19-14-5-3-11(15)6-13(14)16/h2-6,8,17H,7,9H2,1H3. The van der Waals surface area contributed by atoms with Crippen molar-refractivity contribution < 1.29 is 4.74 Å². The molecule has 0 amide bonds. The minimum Gasteiger partial charge on any atom is -0.486 e. The van der Waals surface area contributed by atoms with Gasteiger partial charge < -0.3 is 10.1 Å². The number of halogens is 2. The highest BCUT2D eigenvalue weighted by atomic mass is 79.9. The third-order valence-electron chi connectivity index (χ3n) is 2.54. The van der Waals surface area contributed by atoms with Crippen LogP contribution >= 0.6 is 27.5 Å². The van der Waals surface area contributed by atoms with Gasteiger partial charge in [-0.25, -0.2) is 0 Å². The van der Waals surface area contributed by atoms with Crippen LogP contribution in [0.4, 0.5) is 0 Å². The van der Waals surface area contributed by atoms with Crippen LogP contribution < -0.4 is 10.1 Å². The summed E-state index contributed by atoms with van der Waals surface area (Å²) in [6, 6.07) is 9.53. The van der Waals surface area contributed by atoms with Crippen LogP contribution in [0, 0.1) is 0 Å². The normalized spacial score (nSPS) is 10.5. The number of hydrogen-bond donors (Lipinski definition) is 1. The summed E-state index contributed by atoms with van der Waals surface area (Å²) in [5, 5.41) is 3.67. The average molecular weight is 342 g/mol. The fraction of sp³-hybridized carbons (Fsp3) is 0.214. The van der Waals surface area contributed by atoms with E-state index in [0.717, 1.165) is 22.3 Å². The smallest absolute Gasteiger partial charge is 0.138 e. The first-order valence-corrected chi connectivity index (χ1v) is 7.02. The van der Waals surface area contributed by atoms with Crippen LogP contribution in [0.3, 0.4) is 0 Å². The van der Waals surface area contributed by atoms with Gasteiger partial charge in [0.15, 0.2) is 0 Å². The topological polar surface area (TPSA) is 34.1 Å². The lowest BCUT2D eigenvalue weighted by Crippen LogP contribution is -2.06. The Morgan fingerprint density at radius 1 is 1.32 bits per heavy atom. The van der Waals surface area contributed by atoms with Crippen molar-refractivity contribution in [1.29, 1.82) is 0 Å². The molecule has 0 aliphatic rings. The summed E-state index contributed by atoms with van der Waals surface area (Å²) in [5.74, 6) is 0.658. The predicted octanol–water partition coefficient (Wildman–Crippen LogP) is 3.80. The van der Waals surface area contributed by atoms with Crippen molar-refractivity contribution in [3.8, 4) is 5.75 Å². The molecule has 2 rings (SSSR count). The van der Waals surface area contributed by atoms with Gasteiger partial charge in [0.1, 0.15) is 12.4 Å². The fourth-order valence-electron chi connectivity index (χ4n) is 1.59. The zero-order chi connectivity index (χ0) is 13.7. The molecule has 0 unspecified atom stereocenters. The quantitative estimate of drug-likeness (QED) is 0.898. The Morgan fingerprint density at radius 2 is 2.16 bits per heavy atom. The van der Waals surface area contributed by atoms with E-state index in [4.69, 9.17) is 16.3 Å². The molecular formula is C14H14BrClN2O. The minimum atomic E-state index is 0.404. The highest BCUT2D eigenvalue weighted by molar-refractivity contribution is 9.10. The maximum atomic E-state index is 6.08. The van der Waals surface area contributed by atoms with Crippen LogP contribution in [0.25, 0.3) is 0 Å². The molecule has 2 aromatic rings. The van der Waals surface area contributed by atoms with E-state index in [0.29, 0.717) is 17.4 Å². The molecule has 0 radical (unpaired) electrons. The first-order valence-electron chi connectivity index (χ1n) is 5.85. The molecule has 0 fully saturated rings. The maximum Gasteiger partial charge on any atom is 0.138 e. The Hall–Kier alpha value is -1.10. The number of rotatable bonds is 5. The van der Waals surface area contributed by atoms with E-state index in [9.17, 15) is 0 Å². The predicted molar refractivity (Wildman–Crippen MR) is 80.5 cm³/mol. The lowest BCUT2D eigenvalue weighted by Gasteiger charge is -2.08. The second kappa shape index (κ2) is 6.89. The first kappa shape index (κ1) is 14.3. The molecule has 0 atom stereocenters. The summed E-state index contributed by atoms with van der Waals surface area (Å²) in [7, 11) is 1.91. The van der Waals surface area contributed by atoms with Gasteiger partial charge in [0, 0.05) is 17.2 Å². The van der Waals surface area contributed by atoms with Gasteiger partial charge in [0.05, 0.1) is 10.7 Å². The molecule has 0 aliphatic carbocycles. The Labute approximate surface area is 126 Å². The van der Waals surface area contributed by atoms with E-state index in [-0.39, 0.29) is 0 Å². The molecule has 0 bridgehead atoms. The minimum absolute atomic E-state index is 0.404. The van der Waals surface area contributed by atoms with Crippen molar-refractivity contribution >= 4 is 27.5 Å². The zero-order valence-electron chi connectivity index (χ0n) is 10.5. The second-order valence-electron chi connectivity index (χ2n) is 4.05. The van der Waals surface area contributed by atoms with Crippen molar-refractivity contribution in [2.45, 2.75) is 13.2 Å². The zero-order valence-corrected chi connectivity index (χ0v) is 12.8. The summed E-state index contributed by atoms with van der Waals surface area (Å²) in [6.07, 6.45) is 1.85. The molecule has 3 nitrogen and oxygen atoms in total. The van der Waals surface area contributed by atoms with E-state index in [1.165, 1.54) is 0 Å². The van der Waals surface area contributed by atoms with Crippen molar-refractivity contribution in [2.75, 3.05) is 7.05 Å². The Morgan fingerprint density at radius 3 is 2.79 bits per heavy atom. The van der Waals surface area contributed by atoms with E-state index in [2.05, 4.69) is 26.2 Å². The monoisotopic (exact) mass is 340 g/mol. The fourth-order valence-corrected chi connectivity index (χ4v) is 2.32. The second-order valence-corrected chi connectivity index (χ2v) is 5.37. The van der Waals surface area contributed by atoms with Crippen LogP contribution in [0.1, 0.15) is 11.3 Å². The summed E-state index contributed by atoms with van der Waals surface area (Å²) < 4.78 is 6.58. The Bertz CT molecular complexity index is 546. The number of aromatic nitrogens is 1. The van der Waals surface area contributed by atoms with Crippen LogP contribution in [-0.2, 0) is 13.2 Å². The third-order valence-corrected chi connectivity index (χ3v) is 3.32. The Balaban J connectivity index is 1.98. The van der Waals surface area contributed by atoms with E-state index in [1.54, 1.807) is 6.07 Å². The average Bonchev–Trinajstić information content (AvgIpc) is 2.40. The van der Waals surface area contributed by atoms with Crippen LogP contribution in [0.5, 0.6) is 5.75 Å². The van der Waals surface area contributed by atoms with E-state index in [1.807, 2.05) is 37.5 Å². The van der Waals surface area contributed by atoms with Gasteiger partial charge in [0.2, 0.25) is 0 Å². The lowest BCUT2D eigenvalue weighted by atomic mass is 10.2. The summed E-state index contributed by atoms with van der Waals surface area (Å²) >= 11 is 9.44. The third kappa shape index (κ3) is 4.20. The Kier molecular flexibility index (Phi) is 5.19. The van der Waals surface area contributed by atoms with Crippen molar-refractivity contribution in [3.63, 3.8) is 0 Å². The molecular weight excluding hydrogens is 328 g/mol. The maximum absolute atomic E-state index is 6.08. The molecule has 100 valence electrons. The van der Waals surface area contributed by atoms with Gasteiger partial charge in [-0.3, -0.25) is 4.98 Å². The molecule has 1 heterocycles. The van der Waals surface area contributed by atoms with Gasteiger partial charge in [-0.1, -0.05) is 33.6 Å². The molecule has 1 aromatic heterocycles. The number of benzene rings is 1. The number of nitrogens with one attached hydrogen (secondary N) is 1. The van der Waals surface area contributed by atoms with Gasteiger partial charge in [-0.05, 0) is 36.9 Å². The molecule has 5 heteroatoms. The van der Waals surface area contributed by atoms with E-state index < -0.39 is 0 Å². The summed E-state index contributed by atoms with van der Waals surface area (Å²) in [6.45, 7) is 1.22. The van der Waals surface area contributed by atoms with Gasteiger partial charge in [-0.15, -0.1) is 0 Å². The number of ether oxygens (including phenoxy) is 1. The van der Waals surface area contributed by atoms with Crippen molar-refractivity contribution in [2.24, 2.45) is 0 Å². The van der Waals surface area contributed by atoms with Crippen LogP contribution in [0.15, 0.2) is 41.0 Å². The van der Waals surface area contributed by atoms with Gasteiger partial charge in [0.25, 0.3) is 0 Å². The van der Waals surface area contributed by atoms with Crippen LogP contribution in [-0.4, -0.2) is 12.0 Å². The molecule has 0 saturated carbocycles. The highest BCUT2D eigenvalue weighted by Gasteiger charge is 2.03. The lowest BCUT2D eigenvalue weighted by molar-refractivity contribution is 0.301. The molecule has 1 N–H and O–H groups in total. The van der Waals surface area contributed by atoms with E-state index >= 15 is 0 Å².